The van der Waals surface area contributed by atoms with Crippen molar-refractivity contribution in [3.63, 3.8) is 0 Å². The average molecular weight is 1110 g/mol. The summed E-state index contributed by atoms with van der Waals surface area (Å²) >= 11 is 0. The Morgan fingerprint density at radius 1 is 0.494 bits per heavy atom. The molecule has 79 heavy (non-hydrogen) atoms. The summed E-state index contributed by atoms with van der Waals surface area (Å²) in [4.78, 5) is 99.5. The molecule has 2 aromatic carbocycles. The maximum Gasteiger partial charge on any atom is 0.378 e. The highest BCUT2D eigenvalue weighted by molar-refractivity contribution is 6.13. The second kappa shape index (κ2) is 41.5. The Morgan fingerprint density at radius 2 is 0.924 bits per heavy atom. The molecule has 0 radical (unpaired) electrons. The van der Waals surface area contributed by atoms with Crippen LogP contribution < -0.4 is 20.9 Å². The van der Waals surface area contributed by atoms with Crippen molar-refractivity contribution < 1.29 is 80.9 Å². The van der Waals surface area contributed by atoms with Gasteiger partial charge in [0.15, 0.2) is 0 Å². The first-order valence-electron chi connectivity index (χ1n) is 26.4. The fraction of sp³-hybridized carbons (Fsp3) is 0.574. The molecule has 4 rings (SSSR count). The molecule has 8 amide bonds. The quantitative estimate of drug-likeness (QED) is 0.0363. The summed E-state index contributed by atoms with van der Waals surface area (Å²) in [6.45, 7) is 7.50. The molecule has 0 spiro atoms. The molecule has 0 aromatic heterocycles. The Hall–Kier alpha value is -6.57. The Balaban J connectivity index is 0.991. The number of imide groups is 1. The van der Waals surface area contributed by atoms with Crippen LogP contribution >= 0.6 is 0 Å². The van der Waals surface area contributed by atoms with Gasteiger partial charge in [-0.3, -0.25) is 33.7 Å². The van der Waals surface area contributed by atoms with E-state index in [0.29, 0.717) is 98.9 Å². The van der Waals surface area contributed by atoms with Crippen LogP contribution in [0, 0.1) is 16.7 Å². The van der Waals surface area contributed by atoms with Crippen molar-refractivity contribution in [1.82, 2.24) is 25.8 Å². The lowest BCUT2D eigenvalue weighted by atomic mass is 10.0. The fourth-order valence-electron chi connectivity index (χ4n) is 7.27. The fourth-order valence-corrected chi connectivity index (χ4v) is 7.27. The lowest BCUT2D eigenvalue weighted by Gasteiger charge is -2.26. The molecule has 0 aliphatic carbocycles. The molecule has 434 valence electrons. The van der Waals surface area contributed by atoms with E-state index in [1.54, 1.807) is 9.80 Å². The third kappa shape index (κ3) is 28.8. The number of ether oxygens (including phenoxy) is 10. The molecule has 25 nitrogen and oxygen atoms in total. The molecular weight excluding hydrogens is 1030 g/mol. The molecule has 0 saturated carbocycles. The summed E-state index contributed by atoms with van der Waals surface area (Å²) in [5.41, 5.74) is 3.28. The van der Waals surface area contributed by atoms with E-state index in [1.807, 2.05) is 48.5 Å². The Labute approximate surface area is 460 Å². The van der Waals surface area contributed by atoms with Crippen LogP contribution in [0.25, 0.3) is 0 Å². The highest BCUT2D eigenvalue weighted by Gasteiger charge is 2.24. The monoisotopic (exact) mass is 1110 g/mol. The number of rotatable bonds is 45. The molecular formula is C54H75N7O18. The lowest BCUT2D eigenvalue weighted by Crippen LogP contribution is -2.37. The number of hydrogen-bond donors (Lipinski definition) is 3. The zero-order valence-electron chi connectivity index (χ0n) is 44.8. The summed E-state index contributed by atoms with van der Waals surface area (Å²) in [7, 11) is 0. The minimum absolute atomic E-state index is 0.0121. The minimum Gasteiger partial charge on any atom is -0.379 e. The van der Waals surface area contributed by atoms with Crippen molar-refractivity contribution in [1.29, 1.82) is 0 Å². The molecule has 0 bridgehead atoms. The van der Waals surface area contributed by atoms with E-state index < -0.39 is 17.8 Å². The predicted octanol–water partition coefficient (Wildman–Crippen LogP) is 1.12. The molecule has 0 unspecified atom stereocenters. The normalized spacial score (nSPS) is 12.5. The second-order valence-electron chi connectivity index (χ2n) is 17.1. The van der Waals surface area contributed by atoms with Crippen LogP contribution in [-0.4, -0.2) is 223 Å². The number of fused-ring (bicyclic) bond motifs is 2. The van der Waals surface area contributed by atoms with Crippen LogP contribution in [0.4, 0.5) is 10.5 Å². The van der Waals surface area contributed by atoms with E-state index in [0.717, 1.165) is 27.3 Å². The Morgan fingerprint density at radius 3 is 1.46 bits per heavy atom. The van der Waals surface area contributed by atoms with Gasteiger partial charge in [-0.25, -0.2) is 4.79 Å². The Bertz CT molecular complexity index is 2260. The summed E-state index contributed by atoms with van der Waals surface area (Å²) in [5.74, 6) is 4.69. The topological polar surface area (TPSA) is 287 Å². The maximum atomic E-state index is 13.4. The molecule has 25 heteroatoms. The number of amides is 8. The van der Waals surface area contributed by atoms with Gasteiger partial charge in [0.2, 0.25) is 23.6 Å². The maximum absolute atomic E-state index is 13.4. The van der Waals surface area contributed by atoms with Gasteiger partial charge in [0.05, 0.1) is 151 Å². The number of carbonyl (C=O) groups excluding carboxylic acids is 7. The first kappa shape index (κ1) is 65.0. The number of nitrogens with zero attached hydrogens (tertiary/aromatic N) is 4. The first-order valence-corrected chi connectivity index (χ1v) is 26.4. The third-order valence-corrected chi connectivity index (χ3v) is 11.4. The van der Waals surface area contributed by atoms with E-state index >= 15 is 0 Å². The molecule has 0 saturated heterocycles. The number of benzene rings is 2. The number of nitrogens with one attached hydrogen (secondary N) is 3. The summed E-state index contributed by atoms with van der Waals surface area (Å²) in [5, 5.41) is 9.97. The number of urea groups is 1. The summed E-state index contributed by atoms with van der Waals surface area (Å²) in [6, 6.07) is 14.3. The van der Waals surface area contributed by atoms with E-state index in [9.17, 15) is 38.5 Å². The third-order valence-electron chi connectivity index (χ3n) is 11.4. The average Bonchev–Trinajstić information content (AvgIpc) is 3.81. The molecule has 2 aromatic rings. The standard InChI is InChI=1S/C54H75N7O18/c62-48(11-12-53(67)61-43-46-7-2-1-5-44(46)9-10-45-6-3-4-8-47(45)61)55-17-24-71-30-36-77-39-33-74-27-21-59(22-28-75-34-40-78-38-32-73-26-19-57-54(68)58-69)50(64)16-23-70-29-35-76-41-42-79-37-31-72-25-18-56-49(63)15-20-60-51(65)13-14-52(60)66/h1-8,13-14H,11-12,15-43H2,(H,55,62)(H,56,63)(H,57,68). The second-order valence-corrected chi connectivity index (χ2v) is 17.1. The van der Waals surface area contributed by atoms with Crippen molar-refractivity contribution in [2.24, 2.45) is 5.18 Å². The first-order chi connectivity index (χ1) is 38.7. The highest BCUT2D eigenvalue weighted by atomic mass is 16.6. The SMILES string of the molecule is O=NC(=O)NCCOCCOCCOCCN(CCOCCOCCOCCNC(=O)CCC(=O)N1Cc2ccccc2C#Cc2ccccc21)C(=O)CCOCCOCCOCCOCCNC(=O)CCN1C(=O)C=CC1=O. The molecule has 2 aliphatic heterocycles. The van der Waals surface area contributed by atoms with Crippen LogP contribution in [0.2, 0.25) is 0 Å². The van der Waals surface area contributed by atoms with Gasteiger partial charge in [-0.2, -0.15) is 0 Å². The van der Waals surface area contributed by atoms with E-state index in [4.69, 9.17) is 47.4 Å². The van der Waals surface area contributed by atoms with Crippen LogP contribution in [0.5, 0.6) is 0 Å². The van der Waals surface area contributed by atoms with Crippen molar-refractivity contribution >= 4 is 47.2 Å². The number of anilines is 1. The van der Waals surface area contributed by atoms with Crippen LogP contribution in [0.1, 0.15) is 42.4 Å². The number of nitroso groups, excluding NO2 is 1. The van der Waals surface area contributed by atoms with Gasteiger partial charge in [-0.1, -0.05) is 42.2 Å². The van der Waals surface area contributed by atoms with Gasteiger partial charge < -0.3 is 73.1 Å². The van der Waals surface area contributed by atoms with Crippen molar-refractivity contribution in [3.8, 4) is 11.8 Å². The van der Waals surface area contributed by atoms with Crippen molar-refractivity contribution in [2.75, 3.05) is 176 Å². The van der Waals surface area contributed by atoms with Gasteiger partial charge in [0.25, 0.3) is 11.8 Å². The lowest BCUT2D eigenvalue weighted by molar-refractivity contribution is -0.137. The number of carbonyl (C=O) groups is 7. The predicted molar refractivity (Wildman–Crippen MR) is 284 cm³/mol. The summed E-state index contributed by atoms with van der Waals surface area (Å²) in [6.07, 6.45) is 2.58. The smallest absolute Gasteiger partial charge is 0.378 e. The van der Waals surface area contributed by atoms with E-state index in [2.05, 4.69) is 33.0 Å². The molecule has 0 atom stereocenters. The van der Waals surface area contributed by atoms with Crippen LogP contribution in [0.15, 0.2) is 65.9 Å². The van der Waals surface area contributed by atoms with Crippen LogP contribution in [0.3, 0.4) is 0 Å². The zero-order chi connectivity index (χ0) is 56.4. The van der Waals surface area contributed by atoms with E-state index in [-0.39, 0.29) is 128 Å². The summed E-state index contributed by atoms with van der Waals surface area (Å²) < 4.78 is 55.5. The van der Waals surface area contributed by atoms with Crippen LogP contribution in [-0.2, 0) is 82.7 Å². The van der Waals surface area contributed by atoms with Gasteiger partial charge in [0, 0.05) is 87.0 Å². The van der Waals surface area contributed by atoms with Gasteiger partial charge in [-0.05, 0) is 23.8 Å². The molecule has 2 heterocycles. The highest BCUT2D eigenvalue weighted by Crippen LogP contribution is 2.26. The minimum atomic E-state index is -0.952. The van der Waals surface area contributed by atoms with Gasteiger partial charge >= 0.3 is 6.03 Å². The largest absolute Gasteiger partial charge is 0.379 e. The number of hydrogen-bond acceptors (Lipinski definition) is 18. The number of para-hydroxylation sites is 1. The van der Waals surface area contributed by atoms with Gasteiger partial charge in [0.1, 0.15) is 0 Å². The van der Waals surface area contributed by atoms with Crippen molar-refractivity contribution in [2.45, 2.75) is 32.2 Å². The zero-order valence-corrected chi connectivity index (χ0v) is 44.8. The van der Waals surface area contributed by atoms with E-state index in [1.165, 1.54) is 12.2 Å². The molecule has 3 N–H and O–H groups in total. The molecule has 2 aliphatic rings. The van der Waals surface area contributed by atoms with Crippen molar-refractivity contribution in [3.05, 3.63) is 82.3 Å². The van der Waals surface area contributed by atoms with Gasteiger partial charge in [-0.15, -0.1) is 4.91 Å². The Kier molecular flexibility index (Phi) is 34.1. The molecule has 0 fully saturated rings.